The van der Waals surface area contributed by atoms with Gasteiger partial charge in [-0.1, -0.05) is 41.9 Å². The molecule has 0 bridgehead atoms. The molecule has 1 atom stereocenters. The Balaban J connectivity index is 2.20. The zero-order chi connectivity index (χ0) is 24.3. The second kappa shape index (κ2) is 9.60. The van der Waals surface area contributed by atoms with Crippen molar-refractivity contribution >= 4 is 52.2 Å². The largest absolute Gasteiger partial charge is 0.395 e. The summed E-state index contributed by atoms with van der Waals surface area (Å²) in [5.74, 6) is -1.83. The summed E-state index contributed by atoms with van der Waals surface area (Å²) < 4.78 is 3.94. The Bertz CT molecular complexity index is 1170. The maximum absolute atomic E-state index is 13.8. The van der Waals surface area contributed by atoms with E-state index in [4.69, 9.17) is 23.1 Å². The molecular weight excluding hydrogens is 462 g/mol. The summed E-state index contributed by atoms with van der Waals surface area (Å²) in [5.41, 5.74) is 11.5. The van der Waals surface area contributed by atoms with Crippen LogP contribution in [0.15, 0.2) is 54.6 Å². The van der Waals surface area contributed by atoms with Crippen LogP contribution in [0.3, 0.4) is 0 Å². The van der Waals surface area contributed by atoms with Crippen molar-refractivity contribution in [2.24, 2.45) is 5.73 Å². The lowest BCUT2D eigenvalue weighted by atomic mass is 10.0. The van der Waals surface area contributed by atoms with Crippen LogP contribution in [0, 0.1) is 0 Å². The average molecular weight is 486 g/mol. The Hall–Kier alpha value is -3.43. The van der Waals surface area contributed by atoms with E-state index < -0.39 is 29.3 Å². The first-order valence-corrected chi connectivity index (χ1v) is 11.2. The van der Waals surface area contributed by atoms with E-state index in [1.54, 1.807) is 54.6 Å². The number of aromatic nitrogens is 1. The number of carbonyl (C=O) groups excluding carboxylic acids is 3. The Morgan fingerprint density at radius 3 is 2.18 bits per heavy atom. The number of benzene rings is 2. The van der Waals surface area contributed by atoms with Gasteiger partial charge in [-0.25, -0.2) is 0 Å². The number of carbonyl (C=O) groups is 3. The van der Waals surface area contributed by atoms with Crippen molar-refractivity contribution in [3.05, 3.63) is 75.8 Å². The van der Waals surface area contributed by atoms with Gasteiger partial charge in [-0.3, -0.25) is 19.3 Å². The number of nitrogens with two attached hydrogens (primary N) is 2. The average Bonchev–Trinajstić information content (AvgIpc) is 3.13. The molecule has 0 aliphatic heterocycles. The van der Waals surface area contributed by atoms with Gasteiger partial charge < -0.3 is 16.8 Å². The van der Waals surface area contributed by atoms with Gasteiger partial charge in [0.25, 0.3) is 11.8 Å². The molecule has 172 valence electrons. The van der Waals surface area contributed by atoms with Crippen LogP contribution in [-0.4, -0.2) is 27.6 Å². The Morgan fingerprint density at radius 1 is 1.06 bits per heavy atom. The number of rotatable bonds is 6. The van der Waals surface area contributed by atoms with E-state index in [-0.39, 0.29) is 16.3 Å². The molecule has 0 spiro atoms. The summed E-state index contributed by atoms with van der Waals surface area (Å²) in [6.45, 7) is 5.54. The number of para-hydroxylation sites is 1. The van der Waals surface area contributed by atoms with Gasteiger partial charge in [0.1, 0.15) is 10.9 Å². The van der Waals surface area contributed by atoms with Crippen LogP contribution >= 0.6 is 23.1 Å². The third kappa shape index (κ3) is 5.50. The first-order valence-electron chi connectivity index (χ1n) is 10.0. The van der Waals surface area contributed by atoms with Crippen molar-refractivity contribution in [2.45, 2.75) is 32.4 Å². The van der Waals surface area contributed by atoms with Crippen molar-refractivity contribution in [3.8, 4) is 0 Å². The quantitative estimate of drug-likeness (QED) is 0.488. The molecule has 0 aliphatic rings. The highest BCUT2D eigenvalue weighted by atomic mass is 35.5. The monoisotopic (exact) mass is 485 g/mol. The molecule has 0 fully saturated rings. The van der Waals surface area contributed by atoms with Gasteiger partial charge in [0.2, 0.25) is 5.91 Å². The van der Waals surface area contributed by atoms with Crippen molar-refractivity contribution in [1.82, 2.24) is 9.69 Å². The van der Waals surface area contributed by atoms with E-state index in [0.29, 0.717) is 16.3 Å². The minimum atomic E-state index is -1.06. The molecule has 3 aromatic rings. The molecule has 33 heavy (non-hydrogen) atoms. The number of hydrogen-bond acceptors (Lipinski definition) is 6. The van der Waals surface area contributed by atoms with Crippen LogP contribution in [0.2, 0.25) is 5.02 Å². The lowest BCUT2D eigenvalue weighted by Crippen LogP contribution is -2.49. The van der Waals surface area contributed by atoms with Gasteiger partial charge in [-0.15, -0.1) is 0 Å². The number of nitrogens with one attached hydrogen (secondary N) is 1. The fourth-order valence-corrected chi connectivity index (χ4v) is 4.08. The highest BCUT2D eigenvalue weighted by Gasteiger charge is 2.37. The zero-order valence-corrected chi connectivity index (χ0v) is 19.9. The summed E-state index contributed by atoms with van der Waals surface area (Å²) in [6, 6.07) is 14.3. The molecule has 0 aliphatic carbocycles. The van der Waals surface area contributed by atoms with Gasteiger partial charge in [-0.2, -0.15) is 4.37 Å². The second-order valence-corrected chi connectivity index (χ2v) is 9.55. The predicted octanol–water partition coefficient (Wildman–Crippen LogP) is 3.78. The van der Waals surface area contributed by atoms with E-state index in [2.05, 4.69) is 9.69 Å². The van der Waals surface area contributed by atoms with E-state index in [1.807, 2.05) is 20.8 Å². The standard InChI is InChI=1S/C23H24ClN5O3S/c1-23(2,3)27-21(31)18(13-9-11-14(24)12-10-13)29(15-7-5-4-6-8-15)22(32)19-16(25)17(20(26)30)28-33-19/h4-12,18H,25H2,1-3H3,(H2,26,30)(H,27,31). The fourth-order valence-electron chi connectivity index (χ4n) is 3.21. The molecule has 0 saturated heterocycles. The lowest BCUT2D eigenvalue weighted by Gasteiger charge is -2.33. The molecule has 0 radical (unpaired) electrons. The van der Waals surface area contributed by atoms with Crippen molar-refractivity contribution < 1.29 is 14.4 Å². The number of primary amides is 1. The first-order chi connectivity index (χ1) is 15.5. The summed E-state index contributed by atoms with van der Waals surface area (Å²) in [5, 5.41) is 3.43. The Morgan fingerprint density at radius 2 is 1.67 bits per heavy atom. The lowest BCUT2D eigenvalue weighted by molar-refractivity contribution is -0.123. The SMILES string of the molecule is CC(C)(C)NC(=O)C(c1ccc(Cl)cc1)N(C(=O)c1snc(C(N)=O)c1N)c1ccccc1. The van der Waals surface area contributed by atoms with Gasteiger partial charge >= 0.3 is 0 Å². The minimum absolute atomic E-state index is 0.00942. The van der Waals surface area contributed by atoms with Gasteiger partial charge in [0.15, 0.2) is 5.69 Å². The Kier molecular flexibility index (Phi) is 7.04. The Labute approximate surface area is 200 Å². The minimum Gasteiger partial charge on any atom is -0.395 e. The number of nitrogens with zero attached hydrogens (tertiary/aromatic N) is 2. The second-order valence-electron chi connectivity index (χ2n) is 8.34. The maximum Gasteiger partial charge on any atom is 0.273 e. The number of anilines is 2. The van der Waals surface area contributed by atoms with Crippen LogP contribution in [0.4, 0.5) is 11.4 Å². The predicted molar refractivity (Wildman–Crippen MR) is 130 cm³/mol. The van der Waals surface area contributed by atoms with Crippen LogP contribution in [0.25, 0.3) is 0 Å². The van der Waals surface area contributed by atoms with Crippen LogP contribution in [0.5, 0.6) is 0 Å². The fraction of sp³-hybridized carbons (Fsp3) is 0.217. The van der Waals surface area contributed by atoms with Crippen molar-refractivity contribution in [2.75, 3.05) is 10.6 Å². The number of nitrogen functional groups attached to an aromatic ring is 1. The topological polar surface area (TPSA) is 131 Å². The van der Waals surface area contributed by atoms with Crippen LogP contribution in [-0.2, 0) is 4.79 Å². The van der Waals surface area contributed by atoms with Gasteiger partial charge in [0, 0.05) is 16.2 Å². The third-order valence-corrected chi connectivity index (χ3v) is 5.70. The van der Waals surface area contributed by atoms with Crippen molar-refractivity contribution in [3.63, 3.8) is 0 Å². The third-order valence-electron chi connectivity index (χ3n) is 4.60. The molecule has 1 unspecified atom stereocenters. The molecule has 0 saturated carbocycles. The summed E-state index contributed by atoms with van der Waals surface area (Å²) in [6.07, 6.45) is 0. The molecule has 1 heterocycles. The smallest absolute Gasteiger partial charge is 0.273 e. The van der Waals surface area contributed by atoms with Crippen molar-refractivity contribution in [1.29, 1.82) is 0 Å². The molecule has 1 aromatic heterocycles. The summed E-state index contributed by atoms with van der Waals surface area (Å²) >= 11 is 6.82. The van der Waals surface area contributed by atoms with E-state index in [0.717, 1.165) is 11.5 Å². The highest BCUT2D eigenvalue weighted by molar-refractivity contribution is 7.09. The molecule has 8 nitrogen and oxygen atoms in total. The van der Waals surface area contributed by atoms with E-state index in [9.17, 15) is 14.4 Å². The first kappa shape index (κ1) is 24.2. The highest BCUT2D eigenvalue weighted by Crippen LogP contribution is 2.33. The van der Waals surface area contributed by atoms with Gasteiger partial charge in [0.05, 0.1) is 5.69 Å². The van der Waals surface area contributed by atoms with E-state index in [1.165, 1.54) is 4.90 Å². The number of halogens is 1. The summed E-state index contributed by atoms with van der Waals surface area (Å²) in [7, 11) is 0. The maximum atomic E-state index is 13.8. The molecule has 5 N–H and O–H groups in total. The van der Waals surface area contributed by atoms with Crippen LogP contribution < -0.4 is 21.7 Å². The van der Waals surface area contributed by atoms with E-state index >= 15 is 0 Å². The van der Waals surface area contributed by atoms with Crippen LogP contribution in [0.1, 0.15) is 52.5 Å². The number of amides is 3. The zero-order valence-electron chi connectivity index (χ0n) is 18.3. The molecule has 3 amide bonds. The van der Waals surface area contributed by atoms with Gasteiger partial charge in [-0.05, 0) is 62.1 Å². The number of hydrogen-bond donors (Lipinski definition) is 3. The molecule has 2 aromatic carbocycles. The summed E-state index contributed by atoms with van der Waals surface area (Å²) in [4.78, 5) is 40.3. The molecule has 10 heteroatoms. The molecule has 3 rings (SSSR count). The molecular formula is C23H24ClN5O3S. The normalized spacial score (nSPS) is 12.1.